The second-order valence-electron chi connectivity index (χ2n) is 5.42. The van der Waals surface area contributed by atoms with E-state index < -0.39 is 0 Å². The predicted octanol–water partition coefficient (Wildman–Crippen LogP) is 5.54. The van der Waals surface area contributed by atoms with Gasteiger partial charge in [-0.3, -0.25) is 4.99 Å². The van der Waals surface area contributed by atoms with Gasteiger partial charge in [0.2, 0.25) is 0 Å². The van der Waals surface area contributed by atoms with Gasteiger partial charge in [-0.1, -0.05) is 65.7 Å². The number of benzene rings is 3. The molecule has 0 bridgehead atoms. The van der Waals surface area contributed by atoms with E-state index in [1.807, 2.05) is 18.2 Å². The molecule has 0 unspecified atom stereocenters. The molecule has 0 fully saturated rings. The third-order valence-electron chi connectivity index (χ3n) is 4.12. The molecular weight excluding hydrogens is 313 g/mol. The monoisotopic (exact) mass is 325 g/mol. The summed E-state index contributed by atoms with van der Waals surface area (Å²) in [6, 6.07) is 18.5. The van der Waals surface area contributed by atoms with Crippen molar-refractivity contribution in [3.63, 3.8) is 0 Å². The molecule has 0 N–H and O–H groups in total. The smallest absolute Gasteiger partial charge is 0.0722 e. The maximum atomic E-state index is 6.17. The molecule has 1 nitrogen and oxygen atoms in total. The Bertz CT molecular complexity index is 912. The fraction of sp³-hybridized carbons (Fsp3) is 0.105. The maximum absolute atomic E-state index is 6.17. The predicted molar refractivity (Wildman–Crippen MR) is 94.6 cm³/mol. The minimum atomic E-state index is 0.565. The van der Waals surface area contributed by atoms with Crippen LogP contribution in [-0.4, -0.2) is 12.3 Å². The fourth-order valence-electron chi connectivity index (χ4n) is 3.08. The SMILES string of the molecule is Clc1ccc(C2=NCCc3c2ccc2ccccc32)cc1Cl. The molecule has 0 atom stereocenters. The van der Waals surface area contributed by atoms with Crippen molar-refractivity contribution >= 4 is 39.7 Å². The fourth-order valence-corrected chi connectivity index (χ4v) is 3.38. The number of fused-ring (bicyclic) bond motifs is 3. The second-order valence-corrected chi connectivity index (χ2v) is 6.24. The van der Waals surface area contributed by atoms with Gasteiger partial charge in [-0.25, -0.2) is 0 Å². The zero-order valence-electron chi connectivity index (χ0n) is 11.8. The molecule has 1 aliphatic rings. The topological polar surface area (TPSA) is 12.4 Å². The van der Waals surface area contributed by atoms with Gasteiger partial charge in [0.15, 0.2) is 0 Å². The summed E-state index contributed by atoms with van der Waals surface area (Å²) in [5, 5.41) is 3.72. The Morgan fingerprint density at radius 3 is 2.59 bits per heavy atom. The summed E-state index contributed by atoms with van der Waals surface area (Å²) < 4.78 is 0. The van der Waals surface area contributed by atoms with Gasteiger partial charge in [-0.05, 0) is 34.9 Å². The molecule has 1 aliphatic heterocycles. The highest BCUT2D eigenvalue weighted by Crippen LogP contribution is 2.30. The van der Waals surface area contributed by atoms with Crippen LogP contribution < -0.4 is 0 Å². The van der Waals surface area contributed by atoms with Crippen molar-refractivity contribution in [3.8, 4) is 0 Å². The van der Waals surface area contributed by atoms with Crippen molar-refractivity contribution in [2.24, 2.45) is 4.99 Å². The molecule has 0 radical (unpaired) electrons. The zero-order chi connectivity index (χ0) is 15.1. The summed E-state index contributed by atoms with van der Waals surface area (Å²) in [5.41, 5.74) is 4.59. The summed E-state index contributed by atoms with van der Waals surface area (Å²) >= 11 is 12.2. The Kier molecular flexibility index (Phi) is 3.40. The minimum Gasteiger partial charge on any atom is -0.284 e. The molecule has 3 aromatic rings. The normalized spacial score (nSPS) is 13.8. The highest BCUT2D eigenvalue weighted by atomic mass is 35.5. The average Bonchev–Trinajstić information content (AvgIpc) is 2.56. The minimum absolute atomic E-state index is 0.565. The molecular formula is C19H13Cl2N. The van der Waals surface area contributed by atoms with E-state index in [4.69, 9.17) is 28.2 Å². The quantitative estimate of drug-likeness (QED) is 0.557. The molecule has 22 heavy (non-hydrogen) atoms. The van der Waals surface area contributed by atoms with Crippen molar-refractivity contribution in [1.29, 1.82) is 0 Å². The first-order chi connectivity index (χ1) is 10.7. The summed E-state index contributed by atoms with van der Waals surface area (Å²) in [6.07, 6.45) is 0.974. The lowest BCUT2D eigenvalue weighted by molar-refractivity contribution is 0.953. The van der Waals surface area contributed by atoms with Crippen LogP contribution in [-0.2, 0) is 6.42 Å². The van der Waals surface area contributed by atoms with Crippen molar-refractivity contribution in [1.82, 2.24) is 0 Å². The van der Waals surface area contributed by atoms with E-state index in [-0.39, 0.29) is 0 Å². The third-order valence-corrected chi connectivity index (χ3v) is 4.86. The zero-order valence-corrected chi connectivity index (χ0v) is 13.3. The lowest BCUT2D eigenvalue weighted by atomic mass is 9.89. The lowest BCUT2D eigenvalue weighted by Crippen LogP contribution is -2.14. The van der Waals surface area contributed by atoms with Gasteiger partial charge in [-0.2, -0.15) is 0 Å². The van der Waals surface area contributed by atoms with Crippen LogP contribution in [0, 0.1) is 0 Å². The number of rotatable bonds is 1. The Morgan fingerprint density at radius 2 is 1.73 bits per heavy atom. The highest BCUT2D eigenvalue weighted by molar-refractivity contribution is 6.42. The van der Waals surface area contributed by atoms with Crippen LogP contribution in [0.25, 0.3) is 10.8 Å². The summed E-state index contributed by atoms with van der Waals surface area (Å²) in [4.78, 5) is 4.73. The second kappa shape index (κ2) is 5.42. The molecule has 0 saturated heterocycles. The standard InChI is InChI=1S/C19H13Cl2N/c20-17-8-6-13(11-18(17)21)19-16-7-5-12-3-1-2-4-14(12)15(16)9-10-22-19/h1-8,11H,9-10H2. The lowest BCUT2D eigenvalue weighted by Gasteiger charge is -2.19. The third kappa shape index (κ3) is 2.22. The first kappa shape index (κ1) is 13.8. The van der Waals surface area contributed by atoms with Gasteiger partial charge in [-0.15, -0.1) is 0 Å². The van der Waals surface area contributed by atoms with Gasteiger partial charge in [0.1, 0.15) is 0 Å². The van der Waals surface area contributed by atoms with E-state index in [1.54, 1.807) is 0 Å². The number of hydrogen-bond acceptors (Lipinski definition) is 1. The van der Waals surface area contributed by atoms with E-state index >= 15 is 0 Å². The van der Waals surface area contributed by atoms with Crippen LogP contribution in [0.2, 0.25) is 10.0 Å². The molecule has 3 heteroatoms. The van der Waals surface area contributed by atoms with Crippen LogP contribution in [0.4, 0.5) is 0 Å². The Hall–Kier alpha value is -1.83. The molecule has 3 aromatic carbocycles. The largest absolute Gasteiger partial charge is 0.284 e. The Balaban J connectivity index is 1.92. The molecule has 4 rings (SSSR count). The van der Waals surface area contributed by atoms with Crippen molar-refractivity contribution in [2.45, 2.75) is 6.42 Å². The van der Waals surface area contributed by atoms with Crippen molar-refractivity contribution < 1.29 is 0 Å². The Morgan fingerprint density at radius 1 is 0.864 bits per heavy atom. The molecule has 0 amide bonds. The van der Waals surface area contributed by atoms with Gasteiger partial charge in [0.05, 0.1) is 15.8 Å². The van der Waals surface area contributed by atoms with Gasteiger partial charge >= 0.3 is 0 Å². The van der Waals surface area contributed by atoms with Crippen LogP contribution in [0.3, 0.4) is 0 Å². The van der Waals surface area contributed by atoms with Crippen LogP contribution in [0.5, 0.6) is 0 Å². The molecule has 0 saturated carbocycles. The van der Waals surface area contributed by atoms with Crippen LogP contribution in [0.1, 0.15) is 16.7 Å². The molecule has 0 aromatic heterocycles. The Labute approximate surface area is 139 Å². The number of aliphatic imine (C=N–C) groups is 1. The number of halogens is 2. The number of nitrogens with zero attached hydrogens (tertiary/aromatic N) is 1. The molecule has 1 heterocycles. The van der Waals surface area contributed by atoms with Gasteiger partial charge in [0, 0.05) is 17.7 Å². The van der Waals surface area contributed by atoms with Gasteiger partial charge in [0.25, 0.3) is 0 Å². The highest BCUT2D eigenvalue weighted by Gasteiger charge is 2.18. The first-order valence-electron chi connectivity index (χ1n) is 7.25. The van der Waals surface area contributed by atoms with Gasteiger partial charge < -0.3 is 0 Å². The number of hydrogen-bond donors (Lipinski definition) is 0. The van der Waals surface area contributed by atoms with Crippen LogP contribution >= 0.6 is 23.2 Å². The van der Waals surface area contributed by atoms with E-state index in [0.29, 0.717) is 10.0 Å². The van der Waals surface area contributed by atoms with Crippen molar-refractivity contribution in [2.75, 3.05) is 6.54 Å². The van der Waals surface area contributed by atoms with Crippen molar-refractivity contribution in [3.05, 3.63) is 81.3 Å². The molecule has 0 aliphatic carbocycles. The molecule has 108 valence electrons. The summed E-state index contributed by atoms with van der Waals surface area (Å²) in [7, 11) is 0. The summed E-state index contributed by atoms with van der Waals surface area (Å²) in [6.45, 7) is 0.802. The van der Waals surface area contributed by atoms with E-state index in [1.165, 1.54) is 21.9 Å². The van der Waals surface area contributed by atoms with E-state index in [2.05, 4.69) is 36.4 Å². The first-order valence-corrected chi connectivity index (χ1v) is 8.00. The summed E-state index contributed by atoms with van der Waals surface area (Å²) in [5.74, 6) is 0. The van der Waals surface area contributed by atoms with Crippen LogP contribution in [0.15, 0.2) is 59.6 Å². The van der Waals surface area contributed by atoms with E-state index in [0.717, 1.165) is 24.2 Å². The maximum Gasteiger partial charge on any atom is 0.0722 e. The molecule has 0 spiro atoms. The van der Waals surface area contributed by atoms with E-state index in [9.17, 15) is 0 Å². The average molecular weight is 326 g/mol.